The van der Waals surface area contributed by atoms with Crippen molar-refractivity contribution in [2.24, 2.45) is 5.73 Å². The Labute approximate surface area is 154 Å². The van der Waals surface area contributed by atoms with E-state index < -0.39 is 17.8 Å². The van der Waals surface area contributed by atoms with Gasteiger partial charge >= 0.3 is 12.2 Å². The minimum Gasteiger partial charge on any atom is -0.445 e. The molecule has 0 aliphatic heterocycles. The van der Waals surface area contributed by atoms with Gasteiger partial charge in [0.25, 0.3) is 0 Å². The zero-order valence-electron chi connectivity index (χ0n) is 15.7. The van der Waals surface area contributed by atoms with Gasteiger partial charge in [0, 0.05) is 6.04 Å². The molecule has 0 heterocycles. The van der Waals surface area contributed by atoms with Gasteiger partial charge in [-0.3, -0.25) is 0 Å². The van der Waals surface area contributed by atoms with Crippen LogP contribution in [-0.4, -0.2) is 35.9 Å². The molecule has 1 aliphatic rings. The van der Waals surface area contributed by atoms with Gasteiger partial charge in [-0.25, -0.2) is 9.59 Å². The second kappa shape index (κ2) is 8.89. The van der Waals surface area contributed by atoms with Gasteiger partial charge < -0.3 is 25.8 Å². The lowest BCUT2D eigenvalue weighted by atomic mass is 9.87. The van der Waals surface area contributed by atoms with Gasteiger partial charge in [-0.1, -0.05) is 30.3 Å². The fraction of sp³-hybridized carbons (Fsp3) is 0.579. The average molecular weight is 363 g/mol. The Morgan fingerprint density at radius 2 is 1.73 bits per heavy atom. The molecule has 0 aromatic heterocycles. The summed E-state index contributed by atoms with van der Waals surface area (Å²) in [5.41, 5.74) is 6.36. The molecular formula is C19H29N3O4. The third kappa shape index (κ3) is 6.92. The Morgan fingerprint density at radius 3 is 2.38 bits per heavy atom. The lowest BCUT2D eigenvalue weighted by Crippen LogP contribution is -2.57. The Hall–Kier alpha value is -2.28. The van der Waals surface area contributed by atoms with E-state index in [0.29, 0.717) is 12.8 Å². The molecule has 1 aromatic rings. The molecule has 4 N–H and O–H groups in total. The van der Waals surface area contributed by atoms with Gasteiger partial charge in [0.15, 0.2) is 0 Å². The van der Waals surface area contributed by atoms with Crippen molar-refractivity contribution in [3.05, 3.63) is 35.9 Å². The molecule has 0 bridgehead atoms. The van der Waals surface area contributed by atoms with Crippen LogP contribution in [0, 0.1) is 0 Å². The van der Waals surface area contributed by atoms with Crippen LogP contribution in [0.5, 0.6) is 0 Å². The maximum atomic E-state index is 12.1. The first-order chi connectivity index (χ1) is 12.2. The van der Waals surface area contributed by atoms with E-state index in [1.807, 2.05) is 30.3 Å². The summed E-state index contributed by atoms with van der Waals surface area (Å²) in [4.78, 5) is 24.2. The number of rotatable bonds is 4. The van der Waals surface area contributed by atoms with Crippen LogP contribution in [-0.2, 0) is 16.1 Å². The number of carbonyl (C=O) groups excluding carboxylic acids is 2. The molecule has 3 atom stereocenters. The topological polar surface area (TPSA) is 103 Å². The fourth-order valence-electron chi connectivity index (χ4n) is 2.91. The first kappa shape index (κ1) is 20.0. The van der Waals surface area contributed by atoms with Crippen molar-refractivity contribution in [3.63, 3.8) is 0 Å². The number of hydrogen-bond donors (Lipinski definition) is 3. The number of nitrogens with two attached hydrogens (primary N) is 1. The van der Waals surface area contributed by atoms with Gasteiger partial charge in [0.2, 0.25) is 0 Å². The molecule has 1 unspecified atom stereocenters. The SMILES string of the molecule is CC(C)(C)OC(=O)N[C@H]1CC[C@H](N)CC1NC(=O)OCc1ccccc1. The monoisotopic (exact) mass is 363 g/mol. The van der Waals surface area contributed by atoms with Gasteiger partial charge in [0.05, 0.1) is 12.1 Å². The molecule has 1 fully saturated rings. The number of nitrogens with one attached hydrogen (secondary N) is 2. The highest BCUT2D eigenvalue weighted by atomic mass is 16.6. The predicted octanol–water partition coefficient (Wildman–Crippen LogP) is 2.69. The van der Waals surface area contributed by atoms with Gasteiger partial charge in [-0.15, -0.1) is 0 Å². The summed E-state index contributed by atoms with van der Waals surface area (Å²) in [6, 6.07) is 8.89. The van der Waals surface area contributed by atoms with Crippen molar-refractivity contribution in [1.29, 1.82) is 0 Å². The van der Waals surface area contributed by atoms with Crippen LogP contribution in [0.3, 0.4) is 0 Å². The molecule has 26 heavy (non-hydrogen) atoms. The molecule has 2 rings (SSSR count). The number of benzene rings is 1. The first-order valence-corrected chi connectivity index (χ1v) is 8.95. The van der Waals surface area contributed by atoms with E-state index in [1.54, 1.807) is 20.8 Å². The number of hydrogen-bond acceptors (Lipinski definition) is 5. The molecule has 0 spiro atoms. The van der Waals surface area contributed by atoms with Crippen molar-refractivity contribution < 1.29 is 19.1 Å². The maximum absolute atomic E-state index is 12.1. The molecule has 7 nitrogen and oxygen atoms in total. The summed E-state index contributed by atoms with van der Waals surface area (Å²) in [5, 5.41) is 5.66. The van der Waals surface area contributed by atoms with Gasteiger partial charge in [-0.2, -0.15) is 0 Å². The molecule has 0 saturated heterocycles. The second-order valence-electron chi connectivity index (χ2n) is 7.64. The highest BCUT2D eigenvalue weighted by molar-refractivity contribution is 5.69. The highest BCUT2D eigenvalue weighted by Crippen LogP contribution is 2.19. The minimum atomic E-state index is -0.577. The molecule has 7 heteroatoms. The van der Waals surface area contributed by atoms with Crippen LogP contribution in [0.2, 0.25) is 0 Å². The number of alkyl carbamates (subject to hydrolysis) is 2. The summed E-state index contributed by atoms with van der Waals surface area (Å²) in [6.07, 6.45) is 0.995. The van der Waals surface area contributed by atoms with E-state index in [0.717, 1.165) is 12.0 Å². The Balaban J connectivity index is 1.88. The quantitative estimate of drug-likeness (QED) is 0.763. The summed E-state index contributed by atoms with van der Waals surface area (Å²) < 4.78 is 10.6. The summed E-state index contributed by atoms with van der Waals surface area (Å²) >= 11 is 0. The third-order valence-corrected chi connectivity index (χ3v) is 4.11. The molecule has 1 aromatic carbocycles. The average Bonchev–Trinajstić information content (AvgIpc) is 2.55. The lowest BCUT2D eigenvalue weighted by Gasteiger charge is -2.35. The fourth-order valence-corrected chi connectivity index (χ4v) is 2.91. The van der Waals surface area contributed by atoms with Crippen LogP contribution in [0.1, 0.15) is 45.6 Å². The molecular weight excluding hydrogens is 334 g/mol. The van der Waals surface area contributed by atoms with Crippen molar-refractivity contribution in [3.8, 4) is 0 Å². The maximum Gasteiger partial charge on any atom is 0.407 e. The van der Waals surface area contributed by atoms with Crippen LogP contribution in [0.25, 0.3) is 0 Å². The summed E-state index contributed by atoms with van der Waals surface area (Å²) in [5.74, 6) is 0. The number of ether oxygens (including phenoxy) is 2. The normalized spacial score (nSPS) is 23.0. The highest BCUT2D eigenvalue weighted by Gasteiger charge is 2.32. The summed E-state index contributed by atoms with van der Waals surface area (Å²) in [6.45, 7) is 5.61. The van der Waals surface area contributed by atoms with Gasteiger partial charge in [-0.05, 0) is 45.6 Å². The molecule has 1 aliphatic carbocycles. The van der Waals surface area contributed by atoms with E-state index in [-0.39, 0.29) is 24.7 Å². The number of amides is 2. The van der Waals surface area contributed by atoms with Crippen LogP contribution < -0.4 is 16.4 Å². The number of carbonyl (C=O) groups is 2. The van der Waals surface area contributed by atoms with Crippen LogP contribution in [0.4, 0.5) is 9.59 Å². The van der Waals surface area contributed by atoms with E-state index in [1.165, 1.54) is 0 Å². The minimum absolute atomic E-state index is 0.0221. The largest absolute Gasteiger partial charge is 0.445 e. The van der Waals surface area contributed by atoms with Crippen LogP contribution >= 0.6 is 0 Å². The predicted molar refractivity (Wildman–Crippen MR) is 98.5 cm³/mol. The Bertz CT molecular complexity index is 601. The van der Waals surface area contributed by atoms with Crippen molar-refractivity contribution in [2.75, 3.05) is 0 Å². The standard InChI is InChI=1S/C19H29N3O4/c1-19(2,3)26-18(24)21-15-10-9-14(20)11-16(15)22-17(23)25-12-13-7-5-4-6-8-13/h4-8,14-16H,9-12,20H2,1-3H3,(H,21,24)(H,22,23)/t14-,15-,16?/m0/s1. The smallest absolute Gasteiger partial charge is 0.407 e. The second-order valence-corrected chi connectivity index (χ2v) is 7.64. The lowest BCUT2D eigenvalue weighted by molar-refractivity contribution is 0.0472. The van der Waals surface area contributed by atoms with E-state index in [9.17, 15) is 9.59 Å². The van der Waals surface area contributed by atoms with E-state index in [2.05, 4.69) is 10.6 Å². The molecule has 2 amide bonds. The Kier molecular flexibility index (Phi) is 6.85. The van der Waals surface area contributed by atoms with Crippen LogP contribution in [0.15, 0.2) is 30.3 Å². The Morgan fingerprint density at radius 1 is 1.08 bits per heavy atom. The van der Waals surface area contributed by atoms with E-state index in [4.69, 9.17) is 15.2 Å². The van der Waals surface area contributed by atoms with E-state index >= 15 is 0 Å². The molecule has 0 radical (unpaired) electrons. The van der Waals surface area contributed by atoms with Crippen molar-refractivity contribution in [2.45, 2.75) is 70.4 Å². The molecule has 1 saturated carbocycles. The zero-order chi connectivity index (χ0) is 19.2. The summed E-state index contributed by atoms with van der Waals surface area (Å²) in [7, 11) is 0. The third-order valence-electron chi connectivity index (χ3n) is 4.11. The first-order valence-electron chi connectivity index (χ1n) is 8.95. The zero-order valence-corrected chi connectivity index (χ0v) is 15.7. The van der Waals surface area contributed by atoms with Crippen molar-refractivity contribution in [1.82, 2.24) is 10.6 Å². The van der Waals surface area contributed by atoms with Gasteiger partial charge in [0.1, 0.15) is 12.2 Å². The molecule has 144 valence electrons. The van der Waals surface area contributed by atoms with Crippen molar-refractivity contribution >= 4 is 12.2 Å².